The van der Waals surface area contributed by atoms with Crippen molar-refractivity contribution in [2.75, 3.05) is 11.9 Å². The lowest BCUT2D eigenvalue weighted by Crippen LogP contribution is -2.14. The Bertz CT molecular complexity index is 1020. The van der Waals surface area contributed by atoms with Crippen molar-refractivity contribution in [2.45, 2.75) is 26.9 Å². The summed E-state index contributed by atoms with van der Waals surface area (Å²) in [6, 6.07) is 10.8. The fourth-order valence-electron chi connectivity index (χ4n) is 2.53. The zero-order valence-corrected chi connectivity index (χ0v) is 17.5. The van der Waals surface area contributed by atoms with Crippen LogP contribution in [-0.2, 0) is 4.79 Å². The lowest BCUT2D eigenvalue weighted by atomic mass is 10.1. The molecule has 0 atom stereocenters. The Morgan fingerprint density at radius 2 is 2.03 bits per heavy atom. The second kappa shape index (κ2) is 10.3. The van der Waals surface area contributed by atoms with Crippen molar-refractivity contribution in [2.24, 2.45) is 0 Å². The van der Waals surface area contributed by atoms with Gasteiger partial charge in [-0.2, -0.15) is 5.26 Å². The van der Waals surface area contributed by atoms with Gasteiger partial charge in [-0.3, -0.25) is 4.79 Å². The number of benzene rings is 2. The summed E-state index contributed by atoms with van der Waals surface area (Å²) in [6.45, 7) is 5.91. The molecule has 0 saturated heterocycles. The number of amides is 1. The summed E-state index contributed by atoms with van der Waals surface area (Å²) in [7, 11) is 0. The van der Waals surface area contributed by atoms with E-state index >= 15 is 0 Å². The van der Waals surface area contributed by atoms with Crippen LogP contribution < -0.4 is 14.8 Å². The maximum atomic E-state index is 12.5. The highest BCUT2D eigenvalue weighted by atomic mass is 35.5. The van der Waals surface area contributed by atoms with Gasteiger partial charge in [0.2, 0.25) is 0 Å². The van der Waals surface area contributed by atoms with Crippen molar-refractivity contribution >= 4 is 35.2 Å². The average Bonchev–Trinajstić information content (AvgIpc) is 2.68. The molecular formula is C22H21ClN2O5. The quantitative estimate of drug-likeness (QED) is 0.463. The van der Waals surface area contributed by atoms with Crippen LogP contribution in [0.1, 0.15) is 36.7 Å². The zero-order chi connectivity index (χ0) is 22.3. The molecule has 2 aromatic rings. The number of nitriles is 1. The number of aromatic carboxylic acids is 1. The van der Waals surface area contributed by atoms with Crippen molar-refractivity contribution in [3.63, 3.8) is 0 Å². The number of carbonyl (C=O) groups is 2. The van der Waals surface area contributed by atoms with E-state index < -0.39 is 11.9 Å². The molecule has 0 unspecified atom stereocenters. The van der Waals surface area contributed by atoms with Gasteiger partial charge >= 0.3 is 5.97 Å². The summed E-state index contributed by atoms with van der Waals surface area (Å²) in [6.07, 6.45) is 1.24. The second-order valence-electron chi connectivity index (χ2n) is 6.44. The Hall–Kier alpha value is -3.50. The van der Waals surface area contributed by atoms with Gasteiger partial charge in [-0.15, -0.1) is 0 Å². The molecule has 0 bridgehead atoms. The van der Waals surface area contributed by atoms with E-state index in [-0.39, 0.29) is 28.0 Å². The molecule has 156 valence electrons. The van der Waals surface area contributed by atoms with Gasteiger partial charge in [0.25, 0.3) is 5.91 Å². The van der Waals surface area contributed by atoms with Gasteiger partial charge in [0.15, 0.2) is 11.5 Å². The van der Waals surface area contributed by atoms with E-state index in [1.165, 1.54) is 30.3 Å². The number of nitrogens with one attached hydrogen (secondary N) is 1. The minimum atomic E-state index is -1.12. The molecule has 7 nitrogen and oxygen atoms in total. The van der Waals surface area contributed by atoms with E-state index in [1.54, 1.807) is 12.1 Å². The number of ether oxygens (including phenoxy) is 2. The molecule has 0 heterocycles. The number of carbonyl (C=O) groups excluding carboxylic acids is 1. The van der Waals surface area contributed by atoms with Crippen LogP contribution in [0.15, 0.2) is 42.0 Å². The monoisotopic (exact) mass is 428 g/mol. The van der Waals surface area contributed by atoms with Crippen molar-refractivity contribution in [1.29, 1.82) is 5.26 Å². The smallest absolute Gasteiger partial charge is 0.335 e. The molecule has 30 heavy (non-hydrogen) atoms. The first-order valence-electron chi connectivity index (χ1n) is 9.14. The van der Waals surface area contributed by atoms with Crippen LogP contribution in [0.2, 0.25) is 5.02 Å². The van der Waals surface area contributed by atoms with Crippen molar-refractivity contribution in [3.8, 4) is 17.6 Å². The molecule has 0 spiro atoms. The van der Waals surface area contributed by atoms with Gasteiger partial charge in [-0.1, -0.05) is 17.7 Å². The minimum Gasteiger partial charge on any atom is -0.490 e. The number of carboxylic acid groups (broad SMARTS) is 1. The lowest BCUT2D eigenvalue weighted by Gasteiger charge is -2.16. The SMILES string of the molecule is CCOc1cc(C=C(C#N)C(=O)Nc2cccc(C(=O)O)c2)cc(Cl)c1OC(C)C. The zero-order valence-electron chi connectivity index (χ0n) is 16.7. The molecule has 0 saturated carbocycles. The summed E-state index contributed by atoms with van der Waals surface area (Å²) < 4.78 is 11.3. The van der Waals surface area contributed by atoms with Crippen molar-refractivity contribution < 1.29 is 24.2 Å². The first-order chi connectivity index (χ1) is 14.2. The van der Waals surface area contributed by atoms with E-state index in [4.69, 9.17) is 26.2 Å². The first-order valence-corrected chi connectivity index (χ1v) is 9.52. The van der Waals surface area contributed by atoms with Gasteiger partial charge in [0.1, 0.15) is 11.6 Å². The van der Waals surface area contributed by atoms with Crippen LogP contribution in [0.3, 0.4) is 0 Å². The fourth-order valence-corrected chi connectivity index (χ4v) is 2.79. The van der Waals surface area contributed by atoms with Crippen LogP contribution in [0.25, 0.3) is 6.08 Å². The van der Waals surface area contributed by atoms with E-state index in [2.05, 4.69) is 5.32 Å². The number of carboxylic acids is 1. The highest BCUT2D eigenvalue weighted by molar-refractivity contribution is 6.32. The Kier molecular flexibility index (Phi) is 7.84. The van der Waals surface area contributed by atoms with E-state index in [0.29, 0.717) is 23.7 Å². The third-order valence-electron chi connectivity index (χ3n) is 3.73. The number of rotatable bonds is 8. The molecule has 0 aliphatic carbocycles. The van der Waals surface area contributed by atoms with Gasteiger partial charge in [0, 0.05) is 5.69 Å². The van der Waals surface area contributed by atoms with Crippen molar-refractivity contribution in [1.82, 2.24) is 0 Å². The third kappa shape index (κ3) is 6.00. The number of nitrogens with zero attached hydrogens (tertiary/aromatic N) is 1. The maximum absolute atomic E-state index is 12.5. The predicted molar refractivity (Wildman–Crippen MR) is 114 cm³/mol. The summed E-state index contributed by atoms with van der Waals surface area (Å²) in [5.74, 6) is -1.02. The summed E-state index contributed by atoms with van der Waals surface area (Å²) in [5, 5.41) is 21.3. The standard InChI is InChI=1S/C22H21ClN2O5/c1-4-29-19-10-14(9-18(23)20(19)30-13(2)3)8-16(12-24)21(26)25-17-7-5-6-15(11-17)22(27)28/h5-11,13H,4H2,1-3H3,(H,25,26)(H,27,28). The Morgan fingerprint density at radius 3 is 2.63 bits per heavy atom. The molecule has 2 rings (SSSR count). The summed E-state index contributed by atoms with van der Waals surface area (Å²) >= 11 is 6.32. The van der Waals surface area contributed by atoms with Crippen LogP contribution in [0.5, 0.6) is 11.5 Å². The first kappa shape index (κ1) is 22.8. The molecular weight excluding hydrogens is 408 g/mol. The average molecular weight is 429 g/mol. The fraction of sp³-hybridized carbons (Fsp3) is 0.227. The summed E-state index contributed by atoms with van der Waals surface area (Å²) in [4.78, 5) is 23.6. The number of hydrogen-bond donors (Lipinski definition) is 2. The van der Waals surface area contributed by atoms with E-state index in [1.807, 2.05) is 26.8 Å². The van der Waals surface area contributed by atoms with Crippen LogP contribution in [0.4, 0.5) is 5.69 Å². The molecule has 0 aliphatic heterocycles. The Labute approximate surface area is 179 Å². The topological polar surface area (TPSA) is 109 Å². The highest BCUT2D eigenvalue weighted by Crippen LogP contribution is 2.38. The molecule has 8 heteroatoms. The number of anilines is 1. The van der Waals surface area contributed by atoms with Crippen molar-refractivity contribution in [3.05, 3.63) is 58.1 Å². The third-order valence-corrected chi connectivity index (χ3v) is 4.01. The minimum absolute atomic E-state index is 0.0177. The lowest BCUT2D eigenvalue weighted by molar-refractivity contribution is -0.112. The summed E-state index contributed by atoms with van der Waals surface area (Å²) in [5.41, 5.74) is 0.566. The molecule has 0 aromatic heterocycles. The van der Waals surface area contributed by atoms with E-state index in [9.17, 15) is 14.9 Å². The molecule has 1 amide bonds. The van der Waals surface area contributed by atoms with Gasteiger partial charge in [-0.25, -0.2) is 4.79 Å². The highest BCUT2D eigenvalue weighted by Gasteiger charge is 2.16. The van der Waals surface area contributed by atoms with E-state index in [0.717, 1.165) is 0 Å². The maximum Gasteiger partial charge on any atom is 0.335 e. The molecule has 0 aliphatic rings. The van der Waals surface area contributed by atoms with Gasteiger partial charge in [-0.05, 0) is 62.7 Å². The van der Waals surface area contributed by atoms with Crippen LogP contribution in [-0.4, -0.2) is 29.7 Å². The Morgan fingerprint density at radius 1 is 1.30 bits per heavy atom. The normalized spacial score (nSPS) is 11.0. The number of halogens is 1. The second-order valence-corrected chi connectivity index (χ2v) is 6.85. The predicted octanol–water partition coefficient (Wildman–Crippen LogP) is 4.77. The Balaban J connectivity index is 2.34. The van der Waals surface area contributed by atoms with Gasteiger partial charge < -0.3 is 19.9 Å². The number of hydrogen-bond acceptors (Lipinski definition) is 5. The molecule has 2 N–H and O–H groups in total. The molecule has 2 aromatic carbocycles. The van der Waals surface area contributed by atoms with Gasteiger partial charge in [0.05, 0.1) is 23.3 Å². The largest absolute Gasteiger partial charge is 0.490 e. The van der Waals surface area contributed by atoms with Crippen LogP contribution >= 0.6 is 11.6 Å². The molecule has 0 radical (unpaired) electrons. The molecule has 0 fully saturated rings. The van der Waals surface area contributed by atoms with Crippen LogP contribution in [0, 0.1) is 11.3 Å².